The Morgan fingerprint density at radius 1 is 1.35 bits per heavy atom. The van der Waals surface area contributed by atoms with Gasteiger partial charge in [0.25, 0.3) is 0 Å². The van der Waals surface area contributed by atoms with Crippen LogP contribution in [0.4, 0.5) is 5.82 Å². The van der Waals surface area contributed by atoms with Crippen LogP contribution in [0, 0.1) is 26.2 Å². The van der Waals surface area contributed by atoms with Crippen LogP contribution in [0.25, 0.3) is 11.3 Å². The number of hydrogen-bond acceptors (Lipinski definition) is 2. The number of anilines is 1. The molecule has 2 N–H and O–H groups in total. The minimum absolute atomic E-state index is 0.496. The fraction of sp³-hybridized carbons (Fsp3) is 0.353. The Morgan fingerprint density at radius 2 is 2.10 bits per heavy atom. The molecular formula is C17H19N3. The minimum Gasteiger partial charge on any atom is -0.383 e. The molecule has 102 valence electrons. The molecule has 0 spiro atoms. The average molecular weight is 265 g/mol. The highest BCUT2D eigenvalue weighted by Crippen LogP contribution is 2.42. The highest BCUT2D eigenvalue weighted by Gasteiger charge is 2.30. The molecule has 0 atom stereocenters. The molecule has 1 heterocycles. The van der Waals surface area contributed by atoms with Crippen LogP contribution in [0.15, 0.2) is 18.2 Å². The van der Waals surface area contributed by atoms with Gasteiger partial charge in [-0.2, -0.15) is 0 Å². The summed E-state index contributed by atoms with van der Waals surface area (Å²) in [6.07, 6.45) is 7.83. The summed E-state index contributed by atoms with van der Waals surface area (Å²) in [4.78, 5) is 4.77. The van der Waals surface area contributed by atoms with E-state index in [-0.39, 0.29) is 0 Å². The van der Waals surface area contributed by atoms with Crippen LogP contribution >= 0.6 is 0 Å². The van der Waals surface area contributed by atoms with Gasteiger partial charge in [0.15, 0.2) is 0 Å². The van der Waals surface area contributed by atoms with Crippen LogP contribution in [-0.4, -0.2) is 9.55 Å². The van der Waals surface area contributed by atoms with Crippen molar-refractivity contribution in [3.8, 4) is 23.6 Å². The Labute approximate surface area is 119 Å². The lowest BCUT2D eigenvalue weighted by Gasteiger charge is -2.06. The van der Waals surface area contributed by atoms with Gasteiger partial charge in [-0.3, -0.25) is 0 Å². The van der Waals surface area contributed by atoms with Crippen molar-refractivity contribution in [2.75, 3.05) is 5.73 Å². The van der Waals surface area contributed by atoms with E-state index in [1.54, 1.807) is 0 Å². The maximum absolute atomic E-state index is 6.28. The molecule has 0 bridgehead atoms. The van der Waals surface area contributed by atoms with Gasteiger partial charge in [0.1, 0.15) is 17.3 Å². The van der Waals surface area contributed by atoms with Crippen molar-refractivity contribution >= 4 is 5.82 Å². The van der Waals surface area contributed by atoms with Crippen LogP contribution in [0.2, 0.25) is 0 Å². The number of hydrogen-bond donors (Lipinski definition) is 1. The average Bonchev–Trinajstić information content (AvgIpc) is 3.21. The third-order valence-corrected chi connectivity index (χ3v) is 4.01. The standard InChI is InChI=1S/C17H19N3/c1-4-9-20-16(18)15(19-17(20)13-7-8-13)14-6-5-11(2)12(3)10-14/h1,5-6,10,13H,7-9,18H2,2-3H3. The second-order valence-corrected chi connectivity index (χ2v) is 5.57. The molecule has 0 radical (unpaired) electrons. The van der Waals surface area contributed by atoms with E-state index in [9.17, 15) is 0 Å². The van der Waals surface area contributed by atoms with Crippen molar-refractivity contribution < 1.29 is 0 Å². The Morgan fingerprint density at radius 3 is 2.70 bits per heavy atom. The van der Waals surface area contributed by atoms with E-state index in [1.807, 2.05) is 4.57 Å². The number of rotatable bonds is 3. The molecule has 1 aromatic heterocycles. The van der Waals surface area contributed by atoms with Gasteiger partial charge in [-0.1, -0.05) is 18.1 Å². The summed E-state index contributed by atoms with van der Waals surface area (Å²) < 4.78 is 1.99. The quantitative estimate of drug-likeness (QED) is 0.866. The van der Waals surface area contributed by atoms with Crippen molar-refractivity contribution in [1.29, 1.82) is 0 Å². The molecule has 1 aliphatic carbocycles. The van der Waals surface area contributed by atoms with Crippen molar-refractivity contribution in [3.05, 3.63) is 35.2 Å². The van der Waals surface area contributed by atoms with Gasteiger partial charge in [-0.25, -0.2) is 4.98 Å². The topological polar surface area (TPSA) is 43.8 Å². The summed E-state index contributed by atoms with van der Waals surface area (Å²) in [6.45, 7) is 4.71. The smallest absolute Gasteiger partial charge is 0.132 e. The largest absolute Gasteiger partial charge is 0.383 e. The number of benzene rings is 1. The normalized spacial score (nSPS) is 14.2. The lowest BCUT2D eigenvalue weighted by atomic mass is 10.0. The van der Waals surface area contributed by atoms with Gasteiger partial charge in [-0.05, 0) is 43.9 Å². The zero-order valence-corrected chi connectivity index (χ0v) is 12.0. The monoisotopic (exact) mass is 265 g/mol. The molecule has 0 aliphatic heterocycles. The van der Waals surface area contributed by atoms with E-state index in [0.29, 0.717) is 18.3 Å². The zero-order valence-electron chi connectivity index (χ0n) is 12.0. The number of nitrogen functional groups attached to an aromatic ring is 1. The van der Waals surface area contributed by atoms with Crippen molar-refractivity contribution in [2.45, 2.75) is 39.2 Å². The summed E-state index contributed by atoms with van der Waals surface area (Å²) in [5, 5.41) is 0. The Hall–Kier alpha value is -2.21. The summed E-state index contributed by atoms with van der Waals surface area (Å²) in [5.74, 6) is 4.95. The first-order chi connectivity index (χ1) is 9.61. The first-order valence-electron chi connectivity index (χ1n) is 6.98. The summed E-state index contributed by atoms with van der Waals surface area (Å²) in [6, 6.07) is 6.34. The van der Waals surface area contributed by atoms with Crippen LogP contribution in [0.1, 0.15) is 35.7 Å². The molecule has 1 aliphatic rings. The fourth-order valence-electron chi connectivity index (χ4n) is 2.50. The van der Waals surface area contributed by atoms with Gasteiger partial charge in [-0.15, -0.1) is 6.42 Å². The summed E-state index contributed by atoms with van der Waals surface area (Å²) in [5.41, 5.74) is 10.7. The van der Waals surface area contributed by atoms with Crippen LogP contribution in [0.3, 0.4) is 0 Å². The number of terminal acetylenes is 1. The van der Waals surface area contributed by atoms with Crippen LogP contribution in [0.5, 0.6) is 0 Å². The molecule has 0 amide bonds. The first-order valence-corrected chi connectivity index (χ1v) is 6.98. The Kier molecular flexibility index (Phi) is 3.02. The van der Waals surface area contributed by atoms with Crippen molar-refractivity contribution in [2.24, 2.45) is 0 Å². The molecule has 1 aromatic carbocycles. The molecule has 2 aromatic rings. The second-order valence-electron chi connectivity index (χ2n) is 5.57. The minimum atomic E-state index is 0.496. The third kappa shape index (κ3) is 2.08. The number of nitrogens with two attached hydrogens (primary N) is 1. The van der Waals surface area contributed by atoms with Crippen molar-refractivity contribution in [3.63, 3.8) is 0 Å². The van der Waals surface area contributed by atoms with Gasteiger partial charge < -0.3 is 10.3 Å². The maximum Gasteiger partial charge on any atom is 0.132 e. The van der Waals surface area contributed by atoms with Crippen LogP contribution in [-0.2, 0) is 6.54 Å². The van der Waals surface area contributed by atoms with Crippen LogP contribution < -0.4 is 5.73 Å². The molecule has 0 unspecified atom stereocenters. The van der Waals surface area contributed by atoms with E-state index >= 15 is 0 Å². The molecule has 3 nitrogen and oxygen atoms in total. The zero-order chi connectivity index (χ0) is 14.3. The van der Waals surface area contributed by atoms with E-state index in [0.717, 1.165) is 17.1 Å². The predicted molar refractivity (Wildman–Crippen MR) is 82.4 cm³/mol. The number of imidazole rings is 1. The van der Waals surface area contributed by atoms with E-state index in [4.69, 9.17) is 17.1 Å². The van der Waals surface area contributed by atoms with Gasteiger partial charge in [0.2, 0.25) is 0 Å². The van der Waals surface area contributed by atoms with Gasteiger partial charge in [0.05, 0.1) is 6.54 Å². The van der Waals surface area contributed by atoms with Gasteiger partial charge >= 0.3 is 0 Å². The van der Waals surface area contributed by atoms with E-state index in [1.165, 1.54) is 24.0 Å². The molecule has 1 saturated carbocycles. The Bertz CT molecular complexity index is 700. The fourth-order valence-corrected chi connectivity index (χ4v) is 2.50. The summed E-state index contributed by atoms with van der Waals surface area (Å²) >= 11 is 0. The SMILES string of the molecule is C#CCn1c(C2CC2)nc(-c2ccc(C)c(C)c2)c1N. The van der Waals surface area contributed by atoms with E-state index < -0.39 is 0 Å². The lowest BCUT2D eigenvalue weighted by Crippen LogP contribution is -2.05. The molecule has 20 heavy (non-hydrogen) atoms. The highest BCUT2D eigenvalue weighted by atomic mass is 15.1. The second kappa shape index (κ2) is 4.72. The lowest BCUT2D eigenvalue weighted by molar-refractivity contribution is 0.762. The predicted octanol–water partition coefficient (Wildman–Crippen LogP) is 3.26. The highest BCUT2D eigenvalue weighted by molar-refractivity contribution is 5.72. The van der Waals surface area contributed by atoms with Gasteiger partial charge in [0, 0.05) is 11.5 Å². The first kappa shape index (κ1) is 12.8. The van der Waals surface area contributed by atoms with Crippen molar-refractivity contribution in [1.82, 2.24) is 9.55 Å². The molecule has 0 saturated heterocycles. The maximum atomic E-state index is 6.28. The number of aryl methyl sites for hydroxylation is 2. The molecule has 3 heteroatoms. The molecule has 3 rings (SSSR count). The number of nitrogens with zero attached hydrogens (tertiary/aromatic N) is 2. The Balaban J connectivity index is 2.11. The molecule has 1 fully saturated rings. The summed E-state index contributed by atoms with van der Waals surface area (Å²) in [7, 11) is 0. The third-order valence-electron chi connectivity index (χ3n) is 4.01. The number of aromatic nitrogens is 2. The van der Waals surface area contributed by atoms with E-state index in [2.05, 4.69) is 38.0 Å². The molecular weight excluding hydrogens is 246 g/mol.